The van der Waals surface area contributed by atoms with Crippen molar-refractivity contribution in [1.29, 1.82) is 0 Å². The Bertz CT molecular complexity index is 3050. The molecule has 0 radical (unpaired) electrons. The maximum atomic E-state index is 5.96. The van der Waals surface area contributed by atoms with Gasteiger partial charge < -0.3 is 8.98 Å². The zero-order valence-electron chi connectivity index (χ0n) is 30.2. The summed E-state index contributed by atoms with van der Waals surface area (Å²) in [5.74, 6) is 1.91. The Morgan fingerprint density at radius 3 is 1.69 bits per heavy atom. The second kappa shape index (κ2) is 11.9. The van der Waals surface area contributed by atoms with E-state index in [4.69, 9.17) is 19.4 Å². The van der Waals surface area contributed by atoms with Crippen LogP contribution in [-0.2, 0) is 5.41 Å². The van der Waals surface area contributed by atoms with Crippen LogP contribution in [-0.4, -0.2) is 24.5 Å². The van der Waals surface area contributed by atoms with Gasteiger partial charge in [-0.1, -0.05) is 123 Å². The van der Waals surface area contributed by atoms with Crippen LogP contribution in [0.15, 0.2) is 169 Å². The number of benzene rings is 7. The number of rotatable bonds is 5. The summed E-state index contributed by atoms with van der Waals surface area (Å²) in [4.78, 5) is 19.5. The molecule has 55 heavy (non-hydrogen) atoms. The molecule has 260 valence electrons. The minimum Gasteiger partial charge on any atom is -0.443 e. The third-order valence-corrected chi connectivity index (χ3v) is 11.2. The molecule has 0 amide bonds. The van der Waals surface area contributed by atoms with E-state index >= 15 is 0 Å². The molecule has 11 rings (SSSR count). The SMILES string of the molecule is CC1(C)c2cc(-n3c4ccc(-c5ccccc5)cc4c4cc(-c5nc(-c6ccccc6)nc(-c6ccccc6)n5)ccc43)ccc2-c2c1ccc1ncoc21. The first-order chi connectivity index (χ1) is 27.0. The zero-order chi connectivity index (χ0) is 36.7. The molecule has 0 saturated heterocycles. The van der Waals surface area contributed by atoms with Crippen molar-refractivity contribution in [2.45, 2.75) is 19.3 Å². The van der Waals surface area contributed by atoms with E-state index in [1.54, 1.807) is 6.39 Å². The number of hydrogen-bond acceptors (Lipinski definition) is 5. The van der Waals surface area contributed by atoms with E-state index in [0.29, 0.717) is 17.5 Å². The third kappa shape index (κ3) is 4.88. The van der Waals surface area contributed by atoms with Crippen LogP contribution in [0.3, 0.4) is 0 Å². The number of aromatic nitrogens is 5. The Hall–Kier alpha value is -7.18. The second-order valence-corrected chi connectivity index (χ2v) is 14.7. The highest BCUT2D eigenvalue weighted by atomic mass is 16.3. The smallest absolute Gasteiger partial charge is 0.182 e. The van der Waals surface area contributed by atoms with E-state index in [0.717, 1.165) is 66.4 Å². The van der Waals surface area contributed by atoms with Crippen molar-refractivity contribution in [3.8, 4) is 62.1 Å². The highest BCUT2D eigenvalue weighted by Gasteiger charge is 2.38. The monoisotopic (exact) mass is 707 g/mol. The average molecular weight is 708 g/mol. The Labute approximate surface area is 317 Å². The van der Waals surface area contributed by atoms with Gasteiger partial charge in [-0.3, -0.25) is 0 Å². The standard InChI is InChI=1S/C49H33N5O/c1-49(2)39-22-23-41-45(55-29-50-41)44(39)36-21-20-35(28-40(36)49)54-42-24-18-33(30-12-6-3-7-13-30)26-37(42)38-27-34(19-25-43(38)54)48-52-46(31-14-8-4-9-15-31)51-47(53-48)32-16-10-5-11-17-32/h3-29H,1-2H3. The Balaban J connectivity index is 1.14. The lowest BCUT2D eigenvalue weighted by Gasteiger charge is -2.22. The van der Waals surface area contributed by atoms with Gasteiger partial charge in [-0.25, -0.2) is 19.9 Å². The summed E-state index contributed by atoms with van der Waals surface area (Å²) in [5, 5.41) is 2.28. The fourth-order valence-corrected chi connectivity index (χ4v) is 8.46. The van der Waals surface area contributed by atoms with E-state index < -0.39 is 0 Å². The minimum absolute atomic E-state index is 0.223. The maximum absolute atomic E-state index is 5.96. The van der Waals surface area contributed by atoms with E-state index in [2.05, 4.69) is 120 Å². The van der Waals surface area contributed by atoms with Gasteiger partial charge in [0.2, 0.25) is 0 Å². The summed E-state index contributed by atoms with van der Waals surface area (Å²) < 4.78 is 8.35. The molecule has 0 aliphatic heterocycles. The molecule has 3 heterocycles. The van der Waals surface area contributed by atoms with Gasteiger partial charge in [-0.15, -0.1) is 0 Å². The van der Waals surface area contributed by atoms with Gasteiger partial charge in [0.1, 0.15) is 5.52 Å². The van der Waals surface area contributed by atoms with Crippen LogP contribution in [0.2, 0.25) is 0 Å². The van der Waals surface area contributed by atoms with Crippen molar-refractivity contribution in [1.82, 2.24) is 24.5 Å². The van der Waals surface area contributed by atoms with Crippen LogP contribution in [0.25, 0.3) is 95.0 Å². The van der Waals surface area contributed by atoms with Gasteiger partial charge in [0, 0.05) is 44.1 Å². The van der Waals surface area contributed by atoms with Crippen molar-refractivity contribution in [3.05, 3.63) is 175 Å². The van der Waals surface area contributed by atoms with Crippen molar-refractivity contribution < 1.29 is 4.42 Å². The van der Waals surface area contributed by atoms with Crippen molar-refractivity contribution >= 4 is 32.9 Å². The summed E-state index contributed by atoms with van der Waals surface area (Å²) in [6.07, 6.45) is 1.54. The topological polar surface area (TPSA) is 69.6 Å². The first-order valence-corrected chi connectivity index (χ1v) is 18.5. The van der Waals surface area contributed by atoms with Gasteiger partial charge >= 0.3 is 0 Å². The van der Waals surface area contributed by atoms with Crippen LogP contribution in [0.5, 0.6) is 0 Å². The molecule has 0 spiro atoms. The summed E-state index contributed by atoms with van der Waals surface area (Å²) in [6, 6.07) is 55.3. The first-order valence-electron chi connectivity index (χ1n) is 18.5. The summed E-state index contributed by atoms with van der Waals surface area (Å²) in [7, 11) is 0. The fraction of sp³-hybridized carbons (Fsp3) is 0.0612. The Morgan fingerprint density at radius 1 is 0.491 bits per heavy atom. The highest BCUT2D eigenvalue weighted by molar-refractivity contribution is 6.11. The fourth-order valence-electron chi connectivity index (χ4n) is 8.46. The van der Waals surface area contributed by atoms with E-state index in [1.807, 2.05) is 60.7 Å². The largest absolute Gasteiger partial charge is 0.443 e. The molecule has 0 N–H and O–H groups in total. The van der Waals surface area contributed by atoms with E-state index in [9.17, 15) is 0 Å². The molecule has 1 aliphatic rings. The molecule has 10 aromatic rings. The quantitative estimate of drug-likeness (QED) is 0.178. The van der Waals surface area contributed by atoms with Gasteiger partial charge in [0.05, 0.1) is 11.0 Å². The molecule has 1 aliphatic carbocycles. The van der Waals surface area contributed by atoms with E-state index in [-0.39, 0.29) is 5.41 Å². The van der Waals surface area contributed by atoms with Gasteiger partial charge in [-0.05, 0) is 76.3 Å². The molecule has 6 heteroatoms. The molecule has 7 aromatic carbocycles. The van der Waals surface area contributed by atoms with Crippen LogP contribution in [0.1, 0.15) is 25.0 Å². The molecule has 0 fully saturated rings. The minimum atomic E-state index is -0.223. The maximum Gasteiger partial charge on any atom is 0.182 e. The van der Waals surface area contributed by atoms with Crippen LogP contribution >= 0.6 is 0 Å². The number of fused-ring (bicyclic) bond motifs is 8. The van der Waals surface area contributed by atoms with Crippen molar-refractivity contribution in [3.63, 3.8) is 0 Å². The predicted molar refractivity (Wildman–Crippen MR) is 221 cm³/mol. The predicted octanol–water partition coefficient (Wildman–Crippen LogP) is 12.1. The summed E-state index contributed by atoms with van der Waals surface area (Å²) in [5.41, 5.74) is 14.9. The molecular weight excluding hydrogens is 675 g/mol. The molecule has 6 nitrogen and oxygen atoms in total. The van der Waals surface area contributed by atoms with Crippen LogP contribution in [0, 0.1) is 0 Å². The lowest BCUT2D eigenvalue weighted by atomic mass is 9.82. The van der Waals surface area contributed by atoms with Crippen molar-refractivity contribution in [2.75, 3.05) is 0 Å². The molecule has 0 saturated carbocycles. The average Bonchev–Trinajstić information content (AvgIpc) is 3.92. The zero-order valence-corrected chi connectivity index (χ0v) is 30.2. The Morgan fingerprint density at radius 2 is 1.05 bits per heavy atom. The Kier molecular flexibility index (Phi) is 6.79. The summed E-state index contributed by atoms with van der Waals surface area (Å²) >= 11 is 0. The number of oxazole rings is 1. The molecule has 3 aromatic heterocycles. The molecular formula is C49H33N5O. The van der Waals surface area contributed by atoms with Crippen LogP contribution in [0.4, 0.5) is 0 Å². The van der Waals surface area contributed by atoms with Gasteiger partial charge in [0.15, 0.2) is 29.4 Å². The lowest BCUT2D eigenvalue weighted by Crippen LogP contribution is -2.15. The van der Waals surface area contributed by atoms with Gasteiger partial charge in [0.25, 0.3) is 0 Å². The van der Waals surface area contributed by atoms with E-state index in [1.165, 1.54) is 22.3 Å². The molecule has 0 unspecified atom stereocenters. The normalized spacial score (nSPS) is 13.1. The second-order valence-electron chi connectivity index (χ2n) is 14.7. The number of nitrogens with zero attached hydrogens (tertiary/aromatic N) is 5. The molecule has 0 bridgehead atoms. The summed E-state index contributed by atoms with van der Waals surface area (Å²) in [6.45, 7) is 4.60. The highest BCUT2D eigenvalue weighted by Crippen LogP contribution is 2.52. The van der Waals surface area contributed by atoms with Crippen molar-refractivity contribution in [2.24, 2.45) is 0 Å². The third-order valence-electron chi connectivity index (χ3n) is 11.2. The number of hydrogen-bond donors (Lipinski definition) is 0. The first kappa shape index (κ1) is 31.4. The molecule has 0 atom stereocenters. The van der Waals surface area contributed by atoms with Gasteiger partial charge in [-0.2, -0.15) is 0 Å². The van der Waals surface area contributed by atoms with Crippen LogP contribution < -0.4 is 0 Å². The lowest BCUT2D eigenvalue weighted by molar-refractivity contribution is 0.601.